The summed E-state index contributed by atoms with van der Waals surface area (Å²) in [6, 6.07) is 0. The van der Waals surface area contributed by atoms with Gasteiger partial charge in [-0.05, 0) is 19.9 Å². The van der Waals surface area contributed by atoms with Crippen LogP contribution in [0.1, 0.15) is 26.7 Å². The van der Waals surface area contributed by atoms with Gasteiger partial charge in [-0.3, -0.25) is 0 Å². The molecule has 4 heteroatoms. The number of carbonyl (C=O) groups is 1. The summed E-state index contributed by atoms with van der Waals surface area (Å²) in [5.41, 5.74) is 0.459. The molecule has 0 radical (unpaired) electrons. The highest BCUT2D eigenvalue weighted by Gasteiger charge is 2.25. The maximum absolute atomic E-state index is 12.0. The fraction of sp³-hybridized carbons (Fsp3) is 0.500. The van der Waals surface area contributed by atoms with Crippen molar-refractivity contribution in [1.29, 1.82) is 0 Å². The molecule has 0 fully saturated rings. The van der Waals surface area contributed by atoms with Crippen molar-refractivity contribution >= 4 is 5.97 Å². The van der Waals surface area contributed by atoms with E-state index in [9.17, 15) is 4.79 Å². The lowest BCUT2D eigenvalue weighted by molar-refractivity contribution is -0.145. The lowest BCUT2D eigenvalue weighted by atomic mass is 10.1. The van der Waals surface area contributed by atoms with E-state index in [0.29, 0.717) is 24.2 Å². The number of esters is 1. The standard InChI is InChI=1S/C14H18O4/c1-9-7-10(2)18-14(15)12-6-4-5-11(16-3)8-13(12)17-9/h4,6,8-10H,5,7H2,1-3H3/t9-,10+/m0/s1. The largest absolute Gasteiger partial charge is 0.501 e. The van der Waals surface area contributed by atoms with E-state index in [4.69, 9.17) is 14.2 Å². The van der Waals surface area contributed by atoms with Gasteiger partial charge in [0, 0.05) is 18.9 Å². The van der Waals surface area contributed by atoms with Crippen LogP contribution in [0.15, 0.2) is 35.3 Å². The number of methoxy groups -OCH3 is 1. The lowest BCUT2D eigenvalue weighted by Crippen LogP contribution is -2.26. The second-order valence-corrected chi connectivity index (χ2v) is 4.58. The highest BCUT2D eigenvalue weighted by Crippen LogP contribution is 2.25. The third-order valence-corrected chi connectivity index (χ3v) is 2.94. The molecule has 98 valence electrons. The van der Waals surface area contributed by atoms with Crippen molar-refractivity contribution in [3.63, 3.8) is 0 Å². The fourth-order valence-corrected chi connectivity index (χ4v) is 2.09. The zero-order valence-corrected chi connectivity index (χ0v) is 10.9. The van der Waals surface area contributed by atoms with Gasteiger partial charge in [-0.15, -0.1) is 0 Å². The summed E-state index contributed by atoms with van der Waals surface area (Å²) in [5, 5.41) is 0. The summed E-state index contributed by atoms with van der Waals surface area (Å²) < 4.78 is 16.4. The topological polar surface area (TPSA) is 44.8 Å². The number of rotatable bonds is 1. The van der Waals surface area contributed by atoms with Crippen molar-refractivity contribution in [2.45, 2.75) is 38.9 Å². The minimum Gasteiger partial charge on any atom is -0.501 e. The highest BCUT2D eigenvalue weighted by molar-refractivity contribution is 5.93. The van der Waals surface area contributed by atoms with E-state index in [0.717, 1.165) is 5.76 Å². The van der Waals surface area contributed by atoms with Crippen LogP contribution in [0.4, 0.5) is 0 Å². The molecule has 0 aromatic heterocycles. The molecular weight excluding hydrogens is 232 g/mol. The molecule has 0 spiro atoms. The van der Waals surface area contributed by atoms with Gasteiger partial charge in [0.05, 0.1) is 13.2 Å². The molecule has 0 amide bonds. The second-order valence-electron chi connectivity index (χ2n) is 4.58. The summed E-state index contributed by atoms with van der Waals surface area (Å²) in [6.45, 7) is 3.84. The van der Waals surface area contributed by atoms with Crippen LogP contribution in [0.25, 0.3) is 0 Å². The molecule has 0 N–H and O–H groups in total. The first-order valence-corrected chi connectivity index (χ1v) is 6.13. The molecule has 1 aliphatic heterocycles. The monoisotopic (exact) mass is 250 g/mol. The zero-order chi connectivity index (χ0) is 13.1. The smallest absolute Gasteiger partial charge is 0.342 e. The Morgan fingerprint density at radius 2 is 2.00 bits per heavy atom. The molecule has 1 aliphatic carbocycles. The first-order valence-electron chi connectivity index (χ1n) is 6.13. The van der Waals surface area contributed by atoms with Gasteiger partial charge in [-0.1, -0.05) is 6.08 Å². The van der Waals surface area contributed by atoms with Crippen LogP contribution in [-0.2, 0) is 19.0 Å². The number of allylic oxidation sites excluding steroid dienone is 2. The van der Waals surface area contributed by atoms with Crippen LogP contribution in [0, 0.1) is 0 Å². The number of cyclic esters (lactones) is 1. The van der Waals surface area contributed by atoms with Crippen molar-refractivity contribution < 1.29 is 19.0 Å². The molecule has 2 aliphatic rings. The minimum atomic E-state index is -0.339. The Morgan fingerprint density at radius 1 is 1.28 bits per heavy atom. The van der Waals surface area contributed by atoms with Crippen molar-refractivity contribution in [2.24, 2.45) is 0 Å². The normalized spacial score (nSPS) is 28.2. The molecule has 4 nitrogen and oxygen atoms in total. The van der Waals surface area contributed by atoms with Gasteiger partial charge in [0.1, 0.15) is 23.2 Å². The first-order chi connectivity index (χ1) is 8.60. The molecule has 0 aromatic carbocycles. The maximum Gasteiger partial charge on any atom is 0.342 e. The van der Waals surface area contributed by atoms with E-state index in [1.807, 2.05) is 19.9 Å². The minimum absolute atomic E-state index is 0.000967. The van der Waals surface area contributed by atoms with Crippen LogP contribution < -0.4 is 0 Å². The van der Waals surface area contributed by atoms with E-state index in [1.165, 1.54) is 0 Å². The van der Waals surface area contributed by atoms with Gasteiger partial charge in [0.15, 0.2) is 0 Å². The fourth-order valence-electron chi connectivity index (χ4n) is 2.09. The molecule has 18 heavy (non-hydrogen) atoms. The molecule has 0 bridgehead atoms. The zero-order valence-electron chi connectivity index (χ0n) is 10.9. The Kier molecular flexibility index (Phi) is 3.75. The lowest BCUT2D eigenvalue weighted by Gasteiger charge is -2.24. The molecule has 2 atom stereocenters. The van der Waals surface area contributed by atoms with Gasteiger partial charge >= 0.3 is 5.97 Å². The molecule has 0 unspecified atom stereocenters. The van der Waals surface area contributed by atoms with Crippen molar-refractivity contribution in [2.75, 3.05) is 7.11 Å². The van der Waals surface area contributed by atoms with E-state index < -0.39 is 0 Å². The van der Waals surface area contributed by atoms with Gasteiger partial charge in [0.2, 0.25) is 0 Å². The van der Waals surface area contributed by atoms with Crippen LogP contribution in [0.3, 0.4) is 0 Å². The number of hydrogen-bond donors (Lipinski definition) is 0. The SMILES string of the molecule is COC1=CC2=C(C=CC1)C(=O)O[C@H](C)C[C@H](C)O2. The molecular formula is C14H18O4. The Morgan fingerprint density at radius 3 is 2.72 bits per heavy atom. The summed E-state index contributed by atoms with van der Waals surface area (Å²) in [6.07, 6.45) is 6.57. The third kappa shape index (κ3) is 2.75. The van der Waals surface area contributed by atoms with E-state index >= 15 is 0 Å². The molecule has 0 saturated heterocycles. The first kappa shape index (κ1) is 12.7. The van der Waals surface area contributed by atoms with E-state index in [-0.39, 0.29) is 18.2 Å². The number of ether oxygens (including phenoxy) is 3. The van der Waals surface area contributed by atoms with Gasteiger partial charge in [0.25, 0.3) is 0 Å². The van der Waals surface area contributed by atoms with Gasteiger partial charge in [-0.2, -0.15) is 0 Å². The van der Waals surface area contributed by atoms with E-state index in [2.05, 4.69) is 0 Å². The van der Waals surface area contributed by atoms with Crippen molar-refractivity contribution in [1.82, 2.24) is 0 Å². The molecule has 2 rings (SSSR count). The molecule has 1 heterocycles. The quantitative estimate of drug-likeness (QED) is 0.671. The average Bonchev–Trinajstić information content (AvgIpc) is 2.49. The third-order valence-electron chi connectivity index (χ3n) is 2.94. The number of carbonyl (C=O) groups excluding carboxylic acids is 1. The van der Waals surface area contributed by atoms with Gasteiger partial charge < -0.3 is 14.2 Å². The highest BCUT2D eigenvalue weighted by atomic mass is 16.6. The van der Waals surface area contributed by atoms with Gasteiger partial charge in [-0.25, -0.2) is 4.79 Å². The predicted octanol–water partition coefficient (Wildman–Crippen LogP) is 2.47. The number of hydrogen-bond acceptors (Lipinski definition) is 4. The summed E-state index contributed by atoms with van der Waals surface area (Å²) in [4.78, 5) is 12.0. The predicted molar refractivity (Wildman–Crippen MR) is 66.6 cm³/mol. The Labute approximate surface area is 107 Å². The van der Waals surface area contributed by atoms with Crippen LogP contribution in [0.2, 0.25) is 0 Å². The summed E-state index contributed by atoms with van der Waals surface area (Å²) >= 11 is 0. The van der Waals surface area contributed by atoms with E-state index in [1.54, 1.807) is 19.3 Å². The average molecular weight is 250 g/mol. The Hall–Kier alpha value is -1.71. The summed E-state index contributed by atoms with van der Waals surface area (Å²) in [7, 11) is 1.61. The molecule has 0 aromatic rings. The van der Waals surface area contributed by atoms with Crippen LogP contribution in [0.5, 0.6) is 0 Å². The Bertz CT molecular complexity index is 431. The van der Waals surface area contributed by atoms with Crippen molar-refractivity contribution in [3.8, 4) is 0 Å². The van der Waals surface area contributed by atoms with Crippen molar-refractivity contribution in [3.05, 3.63) is 35.3 Å². The summed E-state index contributed by atoms with van der Waals surface area (Å²) in [5.74, 6) is 0.962. The maximum atomic E-state index is 12.0. The Balaban J connectivity index is 2.40. The second kappa shape index (κ2) is 5.29. The molecule has 0 saturated carbocycles. The van der Waals surface area contributed by atoms with Crippen LogP contribution in [-0.4, -0.2) is 25.3 Å². The van der Waals surface area contributed by atoms with Crippen LogP contribution >= 0.6 is 0 Å².